The summed E-state index contributed by atoms with van der Waals surface area (Å²) in [6, 6.07) is 18.0. The summed E-state index contributed by atoms with van der Waals surface area (Å²) in [6.45, 7) is 3.46. The van der Waals surface area contributed by atoms with Gasteiger partial charge in [0, 0.05) is 13.0 Å². The van der Waals surface area contributed by atoms with E-state index in [9.17, 15) is 4.79 Å². The van der Waals surface area contributed by atoms with E-state index < -0.39 is 6.10 Å². The Morgan fingerprint density at radius 3 is 2.44 bits per heavy atom. The van der Waals surface area contributed by atoms with Crippen molar-refractivity contribution in [2.24, 2.45) is 0 Å². The zero-order valence-corrected chi connectivity index (χ0v) is 19.1. The van der Waals surface area contributed by atoms with Crippen LogP contribution < -0.4 is 4.74 Å². The first-order valence-electron chi connectivity index (χ1n) is 11.4. The van der Waals surface area contributed by atoms with E-state index in [4.69, 9.17) is 18.9 Å². The van der Waals surface area contributed by atoms with E-state index in [-0.39, 0.29) is 18.0 Å². The predicted octanol–water partition coefficient (Wildman–Crippen LogP) is 5.27. The summed E-state index contributed by atoms with van der Waals surface area (Å²) >= 11 is 0. The molecule has 0 spiro atoms. The van der Waals surface area contributed by atoms with Gasteiger partial charge in [0.2, 0.25) is 0 Å². The van der Waals surface area contributed by atoms with E-state index in [0.717, 1.165) is 23.3 Å². The minimum Gasteiger partial charge on any atom is -0.497 e. The second-order valence-electron chi connectivity index (χ2n) is 7.95. The highest BCUT2D eigenvalue weighted by Gasteiger charge is 2.29. The lowest BCUT2D eigenvalue weighted by atomic mass is 10.1. The van der Waals surface area contributed by atoms with Crippen molar-refractivity contribution in [2.75, 3.05) is 13.7 Å². The van der Waals surface area contributed by atoms with Gasteiger partial charge in [0.15, 0.2) is 5.78 Å². The van der Waals surface area contributed by atoms with Crippen LogP contribution in [-0.2, 0) is 32.2 Å². The Kier molecular flexibility index (Phi) is 9.95. The highest BCUT2D eigenvalue weighted by Crippen LogP contribution is 2.23. The van der Waals surface area contributed by atoms with E-state index in [1.165, 1.54) is 0 Å². The Morgan fingerprint density at radius 1 is 1.00 bits per heavy atom. The molecule has 1 aliphatic heterocycles. The first-order chi connectivity index (χ1) is 15.7. The first-order valence-corrected chi connectivity index (χ1v) is 11.4. The molecular weight excluding hydrogens is 404 g/mol. The maximum atomic E-state index is 12.3. The molecule has 0 fully saturated rings. The van der Waals surface area contributed by atoms with Gasteiger partial charge in [0.1, 0.15) is 11.9 Å². The molecule has 172 valence electrons. The van der Waals surface area contributed by atoms with E-state index in [1.807, 2.05) is 55.5 Å². The largest absolute Gasteiger partial charge is 0.497 e. The van der Waals surface area contributed by atoms with Crippen LogP contribution in [0, 0.1) is 0 Å². The molecule has 0 amide bonds. The molecule has 0 N–H and O–H groups in total. The number of ketones is 1. The molecule has 2 aromatic carbocycles. The molecule has 0 saturated heterocycles. The van der Waals surface area contributed by atoms with Gasteiger partial charge in [0.05, 0.1) is 32.5 Å². The minimum absolute atomic E-state index is 0.135. The molecule has 0 unspecified atom stereocenters. The van der Waals surface area contributed by atoms with Crippen molar-refractivity contribution in [3.63, 3.8) is 0 Å². The molecule has 0 aliphatic carbocycles. The quantitative estimate of drug-likeness (QED) is 0.334. The zero-order chi connectivity index (χ0) is 22.6. The molecular formula is C27H34O5. The summed E-state index contributed by atoms with van der Waals surface area (Å²) in [5.74, 6) is 0.952. The standard InChI is InChI=1S/C27H34O5/c1-3-24(28)25-11-7-8-12-27(32-25)26(17-18-30-19-21-9-5-4-6-10-21)31-20-22-13-15-23(29-2)16-14-22/h4-10,13-16,25-27H,3,11-12,17-20H2,1-2H3/t25-,26-,27-/m1/s1. The summed E-state index contributed by atoms with van der Waals surface area (Å²) < 4.78 is 23.7. The Labute approximate surface area is 191 Å². The van der Waals surface area contributed by atoms with Crippen molar-refractivity contribution in [3.8, 4) is 5.75 Å². The number of benzene rings is 2. The first kappa shape index (κ1) is 24.2. The van der Waals surface area contributed by atoms with Crippen molar-refractivity contribution < 1.29 is 23.7 Å². The average molecular weight is 439 g/mol. The Morgan fingerprint density at radius 2 is 1.72 bits per heavy atom. The Balaban J connectivity index is 1.61. The molecule has 3 atom stereocenters. The maximum Gasteiger partial charge on any atom is 0.161 e. The number of hydrogen-bond donors (Lipinski definition) is 0. The fraction of sp³-hybridized carbons (Fsp3) is 0.444. The lowest BCUT2D eigenvalue weighted by Crippen LogP contribution is -2.37. The van der Waals surface area contributed by atoms with Gasteiger partial charge in [-0.15, -0.1) is 0 Å². The molecule has 5 heteroatoms. The van der Waals surface area contributed by atoms with Crippen molar-refractivity contribution in [1.82, 2.24) is 0 Å². The smallest absolute Gasteiger partial charge is 0.161 e. The normalized spacial score (nSPS) is 19.3. The van der Waals surface area contributed by atoms with Crippen LogP contribution in [0.25, 0.3) is 0 Å². The van der Waals surface area contributed by atoms with Gasteiger partial charge >= 0.3 is 0 Å². The van der Waals surface area contributed by atoms with Crippen LogP contribution in [0.3, 0.4) is 0 Å². The van der Waals surface area contributed by atoms with Crippen LogP contribution >= 0.6 is 0 Å². The second-order valence-corrected chi connectivity index (χ2v) is 7.95. The van der Waals surface area contributed by atoms with Gasteiger partial charge in [-0.3, -0.25) is 4.79 Å². The van der Waals surface area contributed by atoms with Crippen molar-refractivity contribution >= 4 is 5.78 Å². The number of carbonyl (C=O) groups is 1. The summed E-state index contributed by atoms with van der Waals surface area (Å²) in [7, 11) is 1.65. The lowest BCUT2D eigenvalue weighted by molar-refractivity contribution is -0.145. The van der Waals surface area contributed by atoms with E-state index in [0.29, 0.717) is 39.1 Å². The number of carbonyl (C=O) groups excluding carboxylic acids is 1. The van der Waals surface area contributed by atoms with E-state index in [1.54, 1.807) is 7.11 Å². The fourth-order valence-corrected chi connectivity index (χ4v) is 3.71. The highest BCUT2D eigenvalue weighted by molar-refractivity contribution is 5.83. The van der Waals surface area contributed by atoms with Gasteiger partial charge in [-0.25, -0.2) is 0 Å². The SMILES string of the molecule is CCC(=O)[C@H]1CC=CC[C@H]([C@@H](CCOCc2ccccc2)OCc2ccc(OC)cc2)O1. The molecule has 1 heterocycles. The summed E-state index contributed by atoms with van der Waals surface area (Å²) in [6.07, 6.45) is 5.89. The summed E-state index contributed by atoms with van der Waals surface area (Å²) in [5, 5.41) is 0. The van der Waals surface area contributed by atoms with E-state index in [2.05, 4.69) is 18.2 Å². The summed E-state index contributed by atoms with van der Waals surface area (Å²) in [5.41, 5.74) is 2.21. The van der Waals surface area contributed by atoms with Crippen LogP contribution in [0.1, 0.15) is 43.7 Å². The van der Waals surface area contributed by atoms with E-state index >= 15 is 0 Å². The Hall–Kier alpha value is -2.47. The average Bonchev–Trinajstić information content (AvgIpc) is 3.10. The predicted molar refractivity (Wildman–Crippen MR) is 125 cm³/mol. The van der Waals surface area contributed by atoms with Crippen LogP contribution in [0.5, 0.6) is 5.75 Å². The fourth-order valence-electron chi connectivity index (χ4n) is 3.71. The molecule has 0 aromatic heterocycles. The topological polar surface area (TPSA) is 54.0 Å². The minimum atomic E-state index is -0.402. The Bertz CT molecular complexity index is 831. The third kappa shape index (κ3) is 7.59. The molecule has 32 heavy (non-hydrogen) atoms. The maximum absolute atomic E-state index is 12.3. The van der Waals surface area contributed by atoms with Crippen molar-refractivity contribution in [1.29, 1.82) is 0 Å². The van der Waals surface area contributed by atoms with Crippen molar-refractivity contribution in [3.05, 3.63) is 77.9 Å². The van der Waals surface area contributed by atoms with Crippen LogP contribution in [0.4, 0.5) is 0 Å². The molecule has 0 saturated carbocycles. The third-order valence-corrected chi connectivity index (χ3v) is 5.63. The number of rotatable bonds is 12. The van der Waals surface area contributed by atoms with Crippen LogP contribution in [0.2, 0.25) is 0 Å². The van der Waals surface area contributed by atoms with Gasteiger partial charge in [-0.05, 0) is 42.5 Å². The zero-order valence-electron chi connectivity index (χ0n) is 19.1. The molecule has 0 bridgehead atoms. The second kappa shape index (κ2) is 13.2. The lowest BCUT2D eigenvalue weighted by Gasteiger charge is -2.29. The molecule has 2 aromatic rings. The van der Waals surface area contributed by atoms with Gasteiger partial charge in [0.25, 0.3) is 0 Å². The molecule has 5 nitrogen and oxygen atoms in total. The van der Waals surface area contributed by atoms with Gasteiger partial charge in [-0.2, -0.15) is 0 Å². The van der Waals surface area contributed by atoms with Crippen LogP contribution in [-0.4, -0.2) is 37.8 Å². The third-order valence-electron chi connectivity index (χ3n) is 5.63. The number of methoxy groups -OCH3 is 1. The highest BCUT2D eigenvalue weighted by atomic mass is 16.5. The monoisotopic (exact) mass is 438 g/mol. The van der Waals surface area contributed by atoms with Gasteiger partial charge < -0.3 is 18.9 Å². The van der Waals surface area contributed by atoms with Crippen LogP contribution in [0.15, 0.2) is 66.7 Å². The van der Waals surface area contributed by atoms with Gasteiger partial charge in [-0.1, -0.05) is 61.5 Å². The number of hydrogen-bond acceptors (Lipinski definition) is 5. The molecule has 0 radical (unpaired) electrons. The summed E-state index contributed by atoms with van der Waals surface area (Å²) in [4.78, 5) is 12.3. The number of Topliss-reactive ketones (excluding diaryl/α,β-unsaturated/α-hetero) is 1. The number of ether oxygens (including phenoxy) is 4. The molecule has 3 rings (SSSR count). The van der Waals surface area contributed by atoms with Crippen molar-refractivity contribution in [2.45, 2.75) is 64.1 Å². The molecule has 1 aliphatic rings.